The van der Waals surface area contributed by atoms with Gasteiger partial charge in [-0.15, -0.1) is 0 Å². The van der Waals surface area contributed by atoms with Crippen LogP contribution in [0.1, 0.15) is 22.8 Å². The van der Waals surface area contributed by atoms with Gasteiger partial charge in [-0.05, 0) is 18.1 Å². The van der Waals surface area contributed by atoms with Gasteiger partial charge in [0.05, 0.1) is 13.2 Å². The van der Waals surface area contributed by atoms with Crippen LogP contribution in [0.2, 0.25) is 0 Å². The Morgan fingerprint density at radius 3 is 2.81 bits per heavy atom. The quantitative estimate of drug-likeness (QED) is 0.523. The van der Waals surface area contributed by atoms with Crippen LogP contribution in [0.25, 0.3) is 0 Å². The molecule has 0 heterocycles. The minimum Gasteiger partial charge on any atom is -0.382 e. The van der Waals surface area contributed by atoms with E-state index in [0.29, 0.717) is 13.2 Å². The van der Waals surface area contributed by atoms with Gasteiger partial charge in [-0.1, -0.05) is 25.1 Å². The van der Waals surface area contributed by atoms with Gasteiger partial charge in [-0.3, -0.25) is 4.79 Å². The molecule has 1 aromatic rings. The van der Waals surface area contributed by atoms with Gasteiger partial charge in [0.15, 0.2) is 5.78 Å². The lowest BCUT2D eigenvalue weighted by Crippen LogP contribution is -2.12. The Morgan fingerprint density at radius 2 is 2.12 bits per heavy atom. The predicted octanol–water partition coefficient (Wildman–Crippen LogP) is 2.09. The zero-order chi connectivity index (χ0) is 11.8. The normalized spacial score (nSPS) is 10.4. The second kappa shape index (κ2) is 7.14. The maximum absolute atomic E-state index is 11.7. The molecule has 0 atom stereocenters. The minimum absolute atomic E-state index is 0.0198. The average molecular weight is 222 g/mol. The smallest absolute Gasteiger partial charge is 0.188 e. The van der Waals surface area contributed by atoms with E-state index in [-0.39, 0.29) is 12.4 Å². The highest BCUT2D eigenvalue weighted by Gasteiger charge is 2.05. The summed E-state index contributed by atoms with van der Waals surface area (Å²) in [5, 5.41) is 0. The van der Waals surface area contributed by atoms with Crippen molar-refractivity contribution >= 4 is 5.78 Å². The van der Waals surface area contributed by atoms with Crippen LogP contribution < -0.4 is 0 Å². The fourth-order valence-corrected chi connectivity index (χ4v) is 1.36. The molecule has 0 bridgehead atoms. The molecule has 0 amide bonds. The lowest BCUT2D eigenvalue weighted by molar-refractivity contribution is 0.0577. The van der Waals surface area contributed by atoms with E-state index in [1.165, 1.54) is 5.56 Å². The molecule has 88 valence electrons. The van der Waals surface area contributed by atoms with Crippen molar-refractivity contribution in [2.24, 2.45) is 0 Å². The number of Topliss-reactive ketones (excluding diaryl/α,β-unsaturated/α-hetero) is 1. The highest BCUT2D eigenvalue weighted by molar-refractivity contribution is 5.97. The van der Waals surface area contributed by atoms with E-state index in [0.717, 1.165) is 12.0 Å². The van der Waals surface area contributed by atoms with E-state index in [1.807, 2.05) is 24.3 Å². The lowest BCUT2D eigenvalue weighted by atomic mass is 10.1. The Balaban J connectivity index is 2.46. The summed E-state index contributed by atoms with van der Waals surface area (Å²) in [5.41, 5.74) is 1.89. The molecule has 0 fully saturated rings. The van der Waals surface area contributed by atoms with E-state index in [1.54, 1.807) is 7.11 Å². The third kappa shape index (κ3) is 4.13. The van der Waals surface area contributed by atoms with E-state index in [9.17, 15) is 4.79 Å². The number of ketones is 1. The van der Waals surface area contributed by atoms with Crippen molar-refractivity contribution in [1.82, 2.24) is 0 Å². The number of methoxy groups -OCH3 is 1. The van der Waals surface area contributed by atoms with E-state index < -0.39 is 0 Å². The lowest BCUT2D eigenvalue weighted by Gasteiger charge is -2.04. The molecule has 0 unspecified atom stereocenters. The summed E-state index contributed by atoms with van der Waals surface area (Å²) in [4.78, 5) is 11.7. The van der Waals surface area contributed by atoms with Gasteiger partial charge < -0.3 is 9.47 Å². The molecule has 0 N–H and O–H groups in total. The minimum atomic E-state index is 0.0198. The van der Waals surface area contributed by atoms with Gasteiger partial charge >= 0.3 is 0 Å². The summed E-state index contributed by atoms with van der Waals surface area (Å²) >= 11 is 0. The van der Waals surface area contributed by atoms with Gasteiger partial charge in [0.1, 0.15) is 6.61 Å². The molecular weight excluding hydrogens is 204 g/mol. The van der Waals surface area contributed by atoms with Crippen LogP contribution in [0.15, 0.2) is 24.3 Å². The third-order valence-electron chi connectivity index (χ3n) is 2.32. The molecule has 3 nitrogen and oxygen atoms in total. The van der Waals surface area contributed by atoms with E-state index in [2.05, 4.69) is 6.92 Å². The zero-order valence-corrected chi connectivity index (χ0v) is 9.86. The van der Waals surface area contributed by atoms with Crippen molar-refractivity contribution in [3.8, 4) is 0 Å². The Labute approximate surface area is 96.4 Å². The van der Waals surface area contributed by atoms with Gasteiger partial charge in [-0.2, -0.15) is 0 Å². The van der Waals surface area contributed by atoms with Crippen molar-refractivity contribution < 1.29 is 14.3 Å². The van der Waals surface area contributed by atoms with Crippen LogP contribution in [0.4, 0.5) is 0 Å². The van der Waals surface area contributed by atoms with Crippen LogP contribution >= 0.6 is 0 Å². The van der Waals surface area contributed by atoms with Gasteiger partial charge in [0, 0.05) is 12.7 Å². The molecule has 0 saturated heterocycles. The van der Waals surface area contributed by atoms with Crippen LogP contribution in [0, 0.1) is 0 Å². The number of carbonyl (C=O) groups is 1. The number of benzene rings is 1. The first-order chi connectivity index (χ1) is 7.77. The molecule has 0 aliphatic rings. The topological polar surface area (TPSA) is 35.5 Å². The van der Waals surface area contributed by atoms with Gasteiger partial charge in [-0.25, -0.2) is 0 Å². The number of hydrogen-bond donors (Lipinski definition) is 0. The maximum Gasteiger partial charge on any atom is 0.188 e. The molecular formula is C13H18O3. The van der Waals surface area contributed by atoms with Gasteiger partial charge in [0.2, 0.25) is 0 Å². The first kappa shape index (κ1) is 12.9. The molecule has 0 spiro atoms. The molecule has 0 radical (unpaired) electrons. The van der Waals surface area contributed by atoms with E-state index in [4.69, 9.17) is 9.47 Å². The molecule has 1 aromatic carbocycles. The monoisotopic (exact) mass is 222 g/mol. The zero-order valence-electron chi connectivity index (χ0n) is 9.86. The highest BCUT2D eigenvalue weighted by atomic mass is 16.5. The predicted molar refractivity (Wildman–Crippen MR) is 62.8 cm³/mol. The van der Waals surface area contributed by atoms with Crippen molar-refractivity contribution in [2.75, 3.05) is 26.9 Å². The maximum atomic E-state index is 11.7. The summed E-state index contributed by atoms with van der Waals surface area (Å²) in [5.74, 6) is 0.0198. The van der Waals surface area contributed by atoms with E-state index >= 15 is 0 Å². The summed E-state index contributed by atoms with van der Waals surface area (Å²) in [6.45, 7) is 3.16. The fraction of sp³-hybridized carbons (Fsp3) is 0.462. The van der Waals surface area contributed by atoms with Crippen molar-refractivity contribution in [1.29, 1.82) is 0 Å². The molecule has 0 saturated carbocycles. The molecule has 0 aliphatic heterocycles. The number of rotatable bonds is 7. The molecule has 0 aliphatic carbocycles. The van der Waals surface area contributed by atoms with Crippen molar-refractivity contribution in [3.05, 3.63) is 35.4 Å². The molecule has 16 heavy (non-hydrogen) atoms. The highest BCUT2D eigenvalue weighted by Crippen LogP contribution is 2.06. The fourth-order valence-electron chi connectivity index (χ4n) is 1.36. The Hall–Kier alpha value is -1.19. The first-order valence-corrected chi connectivity index (χ1v) is 5.46. The number of ether oxygens (including phenoxy) is 2. The second-order valence-electron chi connectivity index (χ2n) is 3.52. The number of aryl methyl sites for hydroxylation is 1. The van der Waals surface area contributed by atoms with Crippen LogP contribution in [0.5, 0.6) is 0 Å². The molecule has 0 aromatic heterocycles. The summed E-state index contributed by atoms with van der Waals surface area (Å²) in [6, 6.07) is 7.66. The standard InChI is InChI=1S/C13H18O3/c1-3-11-5-4-6-12(9-11)13(14)10-16-8-7-15-2/h4-6,9H,3,7-8,10H2,1-2H3. The second-order valence-corrected chi connectivity index (χ2v) is 3.52. The first-order valence-electron chi connectivity index (χ1n) is 5.46. The van der Waals surface area contributed by atoms with Gasteiger partial charge in [0.25, 0.3) is 0 Å². The Morgan fingerprint density at radius 1 is 1.31 bits per heavy atom. The third-order valence-corrected chi connectivity index (χ3v) is 2.32. The number of hydrogen-bond acceptors (Lipinski definition) is 3. The van der Waals surface area contributed by atoms with Crippen LogP contribution in [-0.2, 0) is 15.9 Å². The average Bonchev–Trinajstić information content (AvgIpc) is 2.34. The Bertz CT molecular complexity index is 334. The molecule has 1 rings (SSSR count). The molecule has 3 heteroatoms. The Kier molecular flexibility index (Phi) is 5.75. The van der Waals surface area contributed by atoms with Crippen LogP contribution in [-0.4, -0.2) is 32.7 Å². The van der Waals surface area contributed by atoms with Crippen molar-refractivity contribution in [3.63, 3.8) is 0 Å². The summed E-state index contributed by atoms with van der Waals surface area (Å²) < 4.78 is 10.0. The SMILES string of the molecule is CCc1cccc(C(=O)COCCOC)c1. The largest absolute Gasteiger partial charge is 0.382 e. The number of carbonyl (C=O) groups excluding carboxylic acids is 1. The van der Waals surface area contributed by atoms with Crippen molar-refractivity contribution in [2.45, 2.75) is 13.3 Å². The van der Waals surface area contributed by atoms with Crippen LogP contribution in [0.3, 0.4) is 0 Å². The summed E-state index contributed by atoms with van der Waals surface area (Å²) in [7, 11) is 1.61. The summed E-state index contributed by atoms with van der Waals surface area (Å²) in [6.07, 6.45) is 0.936.